The maximum absolute atomic E-state index is 12.3. The van der Waals surface area contributed by atoms with Crippen LogP contribution in [0.3, 0.4) is 0 Å². The Balaban J connectivity index is 1.74. The number of thiazole rings is 1. The molecule has 0 fully saturated rings. The van der Waals surface area contributed by atoms with Crippen molar-refractivity contribution in [2.75, 3.05) is 0 Å². The highest BCUT2D eigenvalue weighted by molar-refractivity contribution is 7.87. The summed E-state index contributed by atoms with van der Waals surface area (Å²) in [5.41, 5.74) is 1.11. The molecule has 0 saturated heterocycles. The number of hydrogen-bond donors (Lipinski definition) is 0. The van der Waals surface area contributed by atoms with Crippen LogP contribution in [-0.4, -0.2) is 19.3 Å². The van der Waals surface area contributed by atoms with E-state index < -0.39 is 10.8 Å². The van der Waals surface area contributed by atoms with E-state index in [9.17, 15) is 4.21 Å². The van der Waals surface area contributed by atoms with Crippen molar-refractivity contribution in [3.63, 3.8) is 0 Å². The zero-order chi connectivity index (χ0) is 14.7. The molecule has 0 radical (unpaired) electrons. The van der Waals surface area contributed by atoms with Gasteiger partial charge in [0.1, 0.15) is 5.25 Å². The van der Waals surface area contributed by atoms with Crippen LogP contribution in [0.5, 0.6) is 0 Å². The lowest BCUT2D eigenvalue weighted by atomic mass is 10.1. The van der Waals surface area contributed by atoms with Crippen LogP contribution >= 0.6 is 11.3 Å². The first-order valence-corrected chi connectivity index (χ1v) is 8.50. The van der Waals surface area contributed by atoms with E-state index in [-0.39, 0.29) is 5.25 Å². The summed E-state index contributed by atoms with van der Waals surface area (Å²) in [4.78, 5) is 8.41. The maximum atomic E-state index is 12.3. The van der Waals surface area contributed by atoms with Crippen LogP contribution in [0.15, 0.2) is 50.8 Å². The van der Waals surface area contributed by atoms with Crippen molar-refractivity contribution in [3.8, 4) is 0 Å². The van der Waals surface area contributed by atoms with E-state index in [1.54, 1.807) is 18.5 Å². The van der Waals surface area contributed by atoms with Crippen molar-refractivity contribution < 1.29 is 8.73 Å². The minimum atomic E-state index is -1.27. The van der Waals surface area contributed by atoms with Crippen LogP contribution in [0.1, 0.15) is 29.5 Å². The zero-order valence-corrected chi connectivity index (χ0v) is 12.9. The summed E-state index contributed by atoms with van der Waals surface area (Å²) in [7, 11) is -1.27. The van der Waals surface area contributed by atoms with Crippen LogP contribution in [0.25, 0.3) is 0 Å². The fourth-order valence-corrected chi connectivity index (χ4v) is 3.92. The van der Waals surface area contributed by atoms with E-state index in [1.807, 2.05) is 30.3 Å². The molecule has 0 unspecified atom stereocenters. The third kappa shape index (κ3) is 3.25. The normalized spacial score (nSPS) is 14.0. The number of nitrogens with zero attached hydrogens (tertiary/aromatic N) is 3. The van der Waals surface area contributed by atoms with E-state index >= 15 is 0 Å². The Morgan fingerprint density at radius 3 is 2.86 bits per heavy atom. The Morgan fingerprint density at radius 1 is 1.33 bits per heavy atom. The van der Waals surface area contributed by atoms with E-state index in [0.29, 0.717) is 22.5 Å². The summed E-state index contributed by atoms with van der Waals surface area (Å²) in [5.74, 6) is 0.980. The smallest absolute Gasteiger partial charge is 0.242 e. The molecule has 2 heterocycles. The number of rotatable bonds is 5. The summed E-state index contributed by atoms with van der Waals surface area (Å²) in [6, 6.07) is 9.91. The lowest BCUT2D eigenvalue weighted by Crippen LogP contribution is -2.03. The summed E-state index contributed by atoms with van der Waals surface area (Å²) >= 11 is 1.36. The molecule has 0 aliphatic rings. The van der Waals surface area contributed by atoms with Gasteiger partial charge in [-0.1, -0.05) is 35.5 Å². The second-order valence-electron chi connectivity index (χ2n) is 4.45. The second-order valence-corrected chi connectivity index (χ2v) is 7.29. The standard InChI is InChI=1S/C14H13N3O2S2/c1-10(21(18)14-15-7-8-20-14)13-16-12(17-19-13)9-11-5-3-2-4-6-11/h2-8,10H,9H2,1H3/t10-,21-/m1/s1. The molecule has 0 aliphatic heterocycles. The summed E-state index contributed by atoms with van der Waals surface area (Å²) in [6.45, 7) is 1.80. The molecule has 1 aromatic carbocycles. The van der Waals surface area contributed by atoms with Crippen molar-refractivity contribution in [1.29, 1.82) is 0 Å². The molecule has 3 rings (SSSR count). The summed E-state index contributed by atoms with van der Waals surface area (Å²) in [6.07, 6.45) is 2.24. The minimum absolute atomic E-state index is 0.367. The summed E-state index contributed by atoms with van der Waals surface area (Å²) in [5, 5.41) is 5.39. The third-order valence-corrected chi connectivity index (χ3v) is 5.58. The molecule has 5 nitrogen and oxygen atoms in total. The van der Waals surface area contributed by atoms with Gasteiger partial charge in [-0.25, -0.2) is 4.98 Å². The van der Waals surface area contributed by atoms with E-state index in [4.69, 9.17) is 4.52 Å². The van der Waals surface area contributed by atoms with E-state index in [0.717, 1.165) is 5.56 Å². The van der Waals surface area contributed by atoms with Crippen molar-refractivity contribution in [1.82, 2.24) is 15.1 Å². The summed E-state index contributed by atoms with van der Waals surface area (Å²) < 4.78 is 18.1. The first-order chi connectivity index (χ1) is 10.2. The second kappa shape index (κ2) is 6.28. The molecule has 0 N–H and O–H groups in total. The molecule has 0 bridgehead atoms. The molecule has 108 valence electrons. The predicted octanol–water partition coefficient (Wildman–Crippen LogP) is 2.99. The Hall–Kier alpha value is -1.86. The Kier molecular flexibility index (Phi) is 4.21. The first kappa shape index (κ1) is 14.1. The minimum Gasteiger partial charge on any atom is -0.338 e. The SMILES string of the molecule is C[C@H](c1nc(Cc2ccccc2)no1)[S@@](=O)c1nccs1. The Bertz CT molecular complexity index is 726. The van der Waals surface area contributed by atoms with Gasteiger partial charge < -0.3 is 4.52 Å². The van der Waals surface area contributed by atoms with Gasteiger partial charge in [-0.3, -0.25) is 4.21 Å². The van der Waals surface area contributed by atoms with Crippen LogP contribution in [0, 0.1) is 0 Å². The van der Waals surface area contributed by atoms with Gasteiger partial charge in [0.2, 0.25) is 5.89 Å². The molecule has 0 amide bonds. The van der Waals surface area contributed by atoms with Crippen LogP contribution in [0.2, 0.25) is 0 Å². The van der Waals surface area contributed by atoms with E-state index in [1.165, 1.54) is 11.3 Å². The fourth-order valence-electron chi connectivity index (χ4n) is 1.84. The van der Waals surface area contributed by atoms with Gasteiger partial charge in [0.05, 0.1) is 10.8 Å². The topological polar surface area (TPSA) is 68.9 Å². The quantitative estimate of drug-likeness (QED) is 0.723. The van der Waals surface area contributed by atoms with Gasteiger partial charge in [0, 0.05) is 18.0 Å². The van der Waals surface area contributed by atoms with Crippen LogP contribution in [0.4, 0.5) is 0 Å². The third-order valence-electron chi connectivity index (χ3n) is 2.94. The van der Waals surface area contributed by atoms with Crippen LogP contribution in [-0.2, 0) is 17.2 Å². The van der Waals surface area contributed by atoms with Crippen molar-refractivity contribution in [3.05, 3.63) is 59.2 Å². The number of aromatic nitrogens is 3. The van der Waals surface area contributed by atoms with Gasteiger partial charge in [-0.15, -0.1) is 11.3 Å². The van der Waals surface area contributed by atoms with Crippen molar-refractivity contribution >= 4 is 22.1 Å². The fraction of sp³-hybridized carbons (Fsp3) is 0.214. The molecule has 7 heteroatoms. The molecule has 3 aromatic rings. The molecule has 2 aromatic heterocycles. The molecule has 0 spiro atoms. The average Bonchev–Trinajstić information content (AvgIpc) is 3.18. The molecule has 2 atom stereocenters. The number of hydrogen-bond acceptors (Lipinski definition) is 6. The molecule has 21 heavy (non-hydrogen) atoms. The van der Waals surface area contributed by atoms with E-state index in [2.05, 4.69) is 15.1 Å². The molecule has 0 aliphatic carbocycles. The largest absolute Gasteiger partial charge is 0.338 e. The highest BCUT2D eigenvalue weighted by Gasteiger charge is 2.23. The Labute approximate surface area is 128 Å². The average molecular weight is 319 g/mol. The zero-order valence-electron chi connectivity index (χ0n) is 11.3. The maximum Gasteiger partial charge on any atom is 0.242 e. The molecular formula is C14H13N3O2S2. The first-order valence-electron chi connectivity index (χ1n) is 6.40. The van der Waals surface area contributed by atoms with Crippen molar-refractivity contribution in [2.45, 2.75) is 22.9 Å². The lowest BCUT2D eigenvalue weighted by Gasteiger charge is -2.02. The highest BCUT2D eigenvalue weighted by Crippen LogP contribution is 2.24. The molecule has 0 saturated carbocycles. The monoisotopic (exact) mass is 319 g/mol. The van der Waals surface area contributed by atoms with Gasteiger partial charge in [0.15, 0.2) is 10.2 Å². The number of benzene rings is 1. The van der Waals surface area contributed by atoms with Crippen molar-refractivity contribution in [2.24, 2.45) is 0 Å². The van der Waals surface area contributed by atoms with Gasteiger partial charge in [-0.2, -0.15) is 4.98 Å². The van der Waals surface area contributed by atoms with Gasteiger partial charge in [0.25, 0.3) is 0 Å². The predicted molar refractivity (Wildman–Crippen MR) is 80.5 cm³/mol. The van der Waals surface area contributed by atoms with Gasteiger partial charge >= 0.3 is 0 Å². The van der Waals surface area contributed by atoms with Crippen LogP contribution < -0.4 is 0 Å². The van der Waals surface area contributed by atoms with Gasteiger partial charge in [-0.05, 0) is 12.5 Å². The highest BCUT2D eigenvalue weighted by atomic mass is 32.2. The lowest BCUT2D eigenvalue weighted by molar-refractivity contribution is 0.374. The molecular weight excluding hydrogens is 306 g/mol. The Morgan fingerprint density at radius 2 is 2.14 bits per heavy atom.